The summed E-state index contributed by atoms with van der Waals surface area (Å²) < 4.78 is 0. The van der Waals surface area contributed by atoms with Gasteiger partial charge in [-0.05, 0) is 11.7 Å². The molecule has 2 N–H and O–H groups in total. The third kappa shape index (κ3) is 5.93. The Kier molecular flexibility index (Phi) is 5.46. The number of nitriles is 1. The predicted molar refractivity (Wildman–Crippen MR) is 45.8 cm³/mol. The SMILES string of the molecule is CC(C)CSCC(N)C#N. The molecule has 0 aliphatic rings. The number of nitrogens with two attached hydrogens (primary N) is 1. The van der Waals surface area contributed by atoms with Crippen molar-refractivity contribution in [1.29, 1.82) is 5.26 Å². The Labute approximate surface area is 66.8 Å². The third-order valence-electron chi connectivity index (χ3n) is 0.914. The van der Waals surface area contributed by atoms with Crippen LogP contribution < -0.4 is 5.73 Å². The molecule has 2 nitrogen and oxygen atoms in total. The van der Waals surface area contributed by atoms with E-state index in [2.05, 4.69) is 13.8 Å². The van der Waals surface area contributed by atoms with Gasteiger partial charge in [0.15, 0.2) is 0 Å². The summed E-state index contributed by atoms with van der Waals surface area (Å²) in [5.41, 5.74) is 5.38. The van der Waals surface area contributed by atoms with Crippen molar-refractivity contribution in [2.24, 2.45) is 11.7 Å². The molecule has 0 amide bonds. The molecule has 3 heteroatoms. The Hall–Kier alpha value is -0.200. The van der Waals surface area contributed by atoms with Gasteiger partial charge in [-0.25, -0.2) is 0 Å². The van der Waals surface area contributed by atoms with E-state index in [1.165, 1.54) is 0 Å². The molecule has 0 radical (unpaired) electrons. The third-order valence-corrected chi connectivity index (χ3v) is 2.41. The number of nitrogens with zero attached hydrogens (tertiary/aromatic N) is 1. The van der Waals surface area contributed by atoms with E-state index in [0.29, 0.717) is 5.92 Å². The van der Waals surface area contributed by atoms with Crippen LogP contribution in [0.5, 0.6) is 0 Å². The molecular weight excluding hydrogens is 144 g/mol. The number of hydrogen-bond donors (Lipinski definition) is 1. The molecule has 0 fully saturated rings. The summed E-state index contributed by atoms with van der Waals surface area (Å²) in [6, 6.07) is 1.71. The number of hydrogen-bond acceptors (Lipinski definition) is 3. The Morgan fingerprint density at radius 1 is 1.50 bits per heavy atom. The Morgan fingerprint density at radius 3 is 2.50 bits per heavy atom. The van der Waals surface area contributed by atoms with Crippen LogP contribution in [0.15, 0.2) is 0 Å². The van der Waals surface area contributed by atoms with Crippen molar-refractivity contribution in [3.05, 3.63) is 0 Å². The fraction of sp³-hybridized carbons (Fsp3) is 0.857. The summed E-state index contributed by atoms with van der Waals surface area (Å²) in [6.07, 6.45) is 0. The van der Waals surface area contributed by atoms with Crippen LogP contribution >= 0.6 is 11.8 Å². The average Bonchev–Trinajstić information content (AvgIpc) is 1.87. The van der Waals surface area contributed by atoms with Crippen LogP contribution in [-0.2, 0) is 0 Å². The van der Waals surface area contributed by atoms with Gasteiger partial charge in [0.2, 0.25) is 0 Å². The first kappa shape index (κ1) is 9.80. The average molecular weight is 158 g/mol. The largest absolute Gasteiger partial charge is 0.315 e. The monoisotopic (exact) mass is 158 g/mol. The minimum Gasteiger partial charge on any atom is -0.315 e. The molecule has 0 rings (SSSR count). The van der Waals surface area contributed by atoms with Crippen molar-refractivity contribution in [2.75, 3.05) is 11.5 Å². The maximum Gasteiger partial charge on any atom is 0.102 e. The van der Waals surface area contributed by atoms with Gasteiger partial charge in [-0.2, -0.15) is 17.0 Å². The number of thioether (sulfide) groups is 1. The van der Waals surface area contributed by atoms with Gasteiger partial charge < -0.3 is 5.73 Å². The fourth-order valence-electron chi connectivity index (χ4n) is 0.468. The summed E-state index contributed by atoms with van der Waals surface area (Å²) in [4.78, 5) is 0. The van der Waals surface area contributed by atoms with E-state index in [4.69, 9.17) is 11.0 Å². The van der Waals surface area contributed by atoms with Crippen LogP contribution in [-0.4, -0.2) is 17.5 Å². The number of rotatable bonds is 4. The lowest BCUT2D eigenvalue weighted by Gasteiger charge is -2.04. The smallest absolute Gasteiger partial charge is 0.102 e. The van der Waals surface area contributed by atoms with E-state index < -0.39 is 0 Å². The molecule has 0 aromatic carbocycles. The van der Waals surface area contributed by atoms with Gasteiger partial charge in [-0.1, -0.05) is 13.8 Å². The minimum absolute atomic E-state index is 0.288. The summed E-state index contributed by atoms with van der Waals surface area (Å²) in [5.74, 6) is 2.54. The highest BCUT2D eigenvalue weighted by atomic mass is 32.2. The van der Waals surface area contributed by atoms with Gasteiger partial charge in [-0.15, -0.1) is 0 Å². The quantitative estimate of drug-likeness (QED) is 0.669. The van der Waals surface area contributed by atoms with E-state index in [1.807, 2.05) is 6.07 Å². The van der Waals surface area contributed by atoms with E-state index >= 15 is 0 Å². The summed E-state index contributed by atoms with van der Waals surface area (Å²) in [7, 11) is 0. The van der Waals surface area contributed by atoms with Gasteiger partial charge >= 0.3 is 0 Å². The zero-order chi connectivity index (χ0) is 7.98. The van der Waals surface area contributed by atoms with Gasteiger partial charge in [-0.3, -0.25) is 0 Å². The lowest BCUT2D eigenvalue weighted by Crippen LogP contribution is -2.20. The van der Waals surface area contributed by atoms with Crippen molar-refractivity contribution in [3.63, 3.8) is 0 Å². The Bertz CT molecular complexity index is 117. The molecule has 1 unspecified atom stereocenters. The molecule has 0 spiro atoms. The maximum atomic E-state index is 8.31. The van der Waals surface area contributed by atoms with Crippen molar-refractivity contribution in [1.82, 2.24) is 0 Å². The molecule has 10 heavy (non-hydrogen) atoms. The predicted octanol–water partition coefficient (Wildman–Crippen LogP) is 1.23. The standard InChI is InChI=1S/C7H14N2S/c1-6(2)4-10-5-7(9)3-8/h6-7H,4-5,9H2,1-2H3. The molecule has 0 saturated carbocycles. The molecule has 0 saturated heterocycles. The van der Waals surface area contributed by atoms with Crippen LogP contribution in [0.1, 0.15) is 13.8 Å². The first-order chi connectivity index (χ1) is 4.66. The van der Waals surface area contributed by atoms with E-state index in [-0.39, 0.29) is 6.04 Å². The molecule has 1 atom stereocenters. The molecule has 58 valence electrons. The summed E-state index contributed by atoms with van der Waals surface area (Å²) >= 11 is 1.75. The lowest BCUT2D eigenvalue weighted by molar-refractivity contribution is 0.749. The van der Waals surface area contributed by atoms with E-state index in [0.717, 1.165) is 11.5 Å². The van der Waals surface area contributed by atoms with E-state index in [1.54, 1.807) is 11.8 Å². The second kappa shape index (κ2) is 5.57. The van der Waals surface area contributed by atoms with Gasteiger partial charge in [0.25, 0.3) is 0 Å². The first-order valence-electron chi connectivity index (χ1n) is 3.39. The van der Waals surface area contributed by atoms with Crippen molar-refractivity contribution in [2.45, 2.75) is 19.9 Å². The Morgan fingerprint density at radius 2 is 2.10 bits per heavy atom. The van der Waals surface area contributed by atoms with Gasteiger partial charge in [0, 0.05) is 5.75 Å². The van der Waals surface area contributed by atoms with Crippen molar-refractivity contribution >= 4 is 11.8 Å². The molecule has 0 aliphatic carbocycles. The normalized spacial score (nSPS) is 13.1. The highest BCUT2D eigenvalue weighted by molar-refractivity contribution is 7.99. The molecule has 0 aliphatic heterocycles. The van der Waals surface area contributed by atoms with Crippen LogP contribution in [0.3, 0.4) is 0 Å². The highest BCUT2D eigenvalue weighted by Crippen LogP contribution is 2.07. The van der Waals surface area contributed by atoms with Crippen molar-refractivity contribution in [3.8, 4) is 6.07 Å². The topological polar surface area (TPSA) is 49.8 Å². The maximum absolute atomic E-state index is 8.31. The summed E-state index contributed by atoms with van der Waals surface area (Å²) in [6.45, 7) is 4.32. The lowest BCUT2D eigenvalue weighted by atomic mass is 10.3. The molecule has 0 heterocycles. The molecule has 0 bridgehead atoms. The zero-order valence-corrected chi connectivity index (χ0v) is 7.32. The van der Waals surface area contributed by atoms with Crippen LogP contribution in [0, 0.1) is 17.2 Å². The second-order valence-electron chi connectivity index (χ2n) is 2.67. The van der Waals surface area contributed by atoms with Gasteiger partial charge in [0.1, 0.15) is 6.04 Å². The van der Waals surface area contributed by atoms with Crippen LogP contribution in [0.2, 0.25) is 0 Å². The van der Waals surface area contributed by atoms with E-state index in [9.17, 15) is 0 Å². The summed E-state index contributed by atoms with van der Waals surface area (Å²) in [5, 5.41) is 8.31. The van der Waals surface area contributed by atoms with Crippen LogP contribution in [0.25, 0.3) is 0 Å². The first-order valence-corrected chi connectivity index (χ1v) is 4.55. The molecular formula is C7H14N2S. The Balaban J connectivity index is 3.13. The molecule has 0 aromatic heterocycles. The fourth-order valence-corrected chi connectivity index (χ4v) is 1.40. The van der Waals surface area contributed by atoms with Crippen molar-refractivity contribution < 1.29 is 0 Å². The van der Waals surface area contributed by atoms with Crippen LogP contribution in [0.4, 0.5) is 0 Å². The molecule has 0 aromatic rings. The van der Waals surface area contributed by atoms with Gasteiger partial charge in [0.05, 0.1) is 6.07 Å². The second-order valence-corrected chi connectivity index (χ2v) is 3.74. The minimum atomic E-state index is -0.288. The zero-order valence-electron chi connectivity index (χ0n) is 6.50. The highest BCUT2D eigenvalue weighted by Gasteiger charge is 2.00.